The van der Waals surface area contributed by atoms with Crippen molar-refractivity contribution in [2.24, 2.45) is 11.8 Å². The zero-order valence-electron chi connectivity index (χ0n) is 8.53. The number of fused-ring (bicyclic) bond motifs is 1. The molecule has 0 amide bonds. The van der Waals surface area contributed by atoms with Gasteiger partial charge in [-0.3, -0.25) is 0 Å². The summed E-state index contributed by atoms with van der Waals surface area (Å²) in [4.78, 5) is 4.33. The van der Waals surface area contributed by atoms with Crippen LogP contribution in [0.5, 0.6) is 0 Å². The smallest absolute Gasteiger partial charge is 0.108 e. The third-order valence-corrected chi connectivity index (χ3v) is 2.84. The van der Waals surface area contributed by atoms with Crippen LogP contribution in [0.15, 0.2) is 12.4 Å². The minimum absolute atomic E-state index is 0.829. The fourth-order valence-electron chi connectivity index (χ4n) is 2.30. The van der Waals surface area contributed by atoms with E-state index >= 15 is 0 Å². The van der Waals surface area contributed by atoms with Gasteiger partial charge in [0.05, 0.1) is 0 Å². The molecule has 1 unspecified atom stereocenters. The zero-order valence-corrected chi connectivity index (χ0v) is 8.53. The van der Waals surface area contributed by atoms with Crippen molar-refractivity contribution in [3.8, 4) is 0 Å². The van der Waals surface area contributed by atoms with Gasteiger partial charge in [0.15, 0.2) is 0 Å². The second kappa shape index (κ2) is 3.52. The lowest BCUT2D eigenvalue weighted by molar-refractivity contribution is 0.309. The Kier molecular flexibility index (Phi) is 2.38. The Balaban J connectivity index is 2.00. The number of imidazole rings is 1. The molecule has 1 aromatic rings. The van der Waals surface area contributed by atoms with Crippen molar-refractivity contribution in [2.45, 2.75) is 39.7 Å². The van der Waals surface area contributed by atoms with Crippen molar-refractivity contribution in [2.75, 3.05) is 0 Å². The van der Waals surface area contributed by atoms with Gasteiger partial charge in [0, 0.05) is 25.4 Å². The van der Waals surface area contributed by atoms with Gasteiger partial charge in [0.25, 0.3) is 0 Å². The van der Waals surface area contributed by atoms with Crippen LogP contribution in [0, 0.1) is 11.8 Å². The first-order chi connectivity index (χ1) is 6.25. The van der Waals surface area contributed by atoms with Crippen molar-refractivity contribution >= 4 is 0 Å². The van der Waals surface area contributed by atoms with Crippen LogP contribution < -0.4 is 0 Å². The lowest BCUT2D eigenvalue weighted by Gasteiger charge is -2.24. The summed E-state index contributed by atoms with van der Waals surface area (Å²) in [7, 11) is 0. The summed E-state index contributed by atoms with van der Waals surface area (Å²) < 4.78 is 2.32. The van der Waals surface area contributed by atoms with Gasteiger partial charge in [-0.05, 0) is 24.7 Å². The Morgan fingerprint density at radius 2 is 2.46 bits per heavy atom. The highest BCUT2D eigenvalue weighted by Crippen LogP contribution is 2.24. The molecule has 1 aliphatic rings. The molecule has 1 atom stereocenters. The Labute approximate surface area is 80.0 Å². The molecule has 0 spiro atoms. The van der Waals surface area contributed by atoms with Crippen LogP contribution in [0.4, 0.5) is 0 Å². The van der Waals surface area contributed by atoms with Gasteiger partial charge in [-0.15, -0.1) is 0 Å². The second-order valence-corrected chi connectivity index (χ2v) is 4.53. The van der Waals surface area contributed by atoms with Gasteiger partial charge in [-0.25, -0.2) is 4.98 Å². The summed E-state index contributed by atoms with van der Waals surface area (Å²) in [5.74, 6) is 2.98. The molecule has 1 aromatic heterocycles. The maximum absolute atomic E-state index is 4.33. The summed E-state index contributed by atoms with van der Waals surface area (Å²) in [6.07, 6.45) is 7.89. The molecule has 0 bridgehead atoms. The van der Waals surface area contributed by atoms with Crippen LogP contribution in [-0.4, -0.2) is 9.55 Å². The number of hydrogen-bond acceptors (Lipinski definition) is 1. The highest BCUT2D eigenvalue weighted by Gasteiger charge is 2.18. The zero-order chi connectivity index (χ0) is 9.26. The first kappa shape index (κ1) is 8.79. The van der Waals surface area contributed by atoms with E-state index in [4.69, 9.17) is 0 Å². The van der Waals surface area contributed by atoms with Crippen molar-refractivity contribution in [1.29, 1.82) is 0 Å². The highest BCUT2D eigenvalue weighted by molar-refractivity contribution is 4.96. The molecule has 0 radical (unpaired) electrons. The lowest BCUT2D eigenvalue weighted by atomic mass is 9.91. The first-order valence-corrected chi connectivity index (χ1v) is 5.25. The molecular weight excluding hydrogens is 160 g/mol. The molecule has 2 heterocycles. The van der Waals surface area contributed by atoms with E-state index < -0.39 is 0 Å². The predicted octanol–water partition coefficient (Wildman–Crippen LogP) is 2.49. The summed E-state index contributed by atoms with van der Waals surface area (Å²) in [6.45, 7) is 5.81. The van der Waals surface area contributed by atoms with E-state index in [2.05, 4.69) is 29.6 Å². The van der Waals surface area contributed by atoms with Crippen molar-refractivity contribution in [3.63, 3.8) is 0 Å². The number of aryl methyl sites for hydroxylation is 1. The van der Waals surface area contributed by atoms with Gasteiger partial charge >= 0.3 is 0 Å². The van der Waals surface area contributed by atoms with Crippen molar-refractivity contribution in [1.82, 2.24) is 9.55 Å². The Hall–Kier alpha value is -0.790. The number of nitrogens with zero attached hydrogens (tertiary/aromatic N) is 2. The van der Waals surface area contributed by atoms with Crippen LogP contribution in [0.2, 0.25) is 0 Å². The van der Waals surface area contributed by atoms with Gasteiger partial charge < -0.3 is 4.57 Å². The molecule has 0 saturated heterocycles. The predicted molar refractivity (Wildman–Crippen MR) is 53.5 cm³/mol. The first-order valence-electron chi connectivity index (χ1n) is 5.25. The molecule has 13 heavy (non-hydrogen) atoms. The third kappa shape index (κ3) is 1.93. The quantitative estimate of drug-likeness (QED) is 0.680. The second-order valence-electron chi connectivity index (χ2n) is 4.53. The van der Waals surface area contributed by atoms with Crippen LogP contribution in [0.3, 0.4) is 0 Å². The van der Waals surface area contributed by atoms with Gasteiger partial charge in [0.2, 0.25) is 0 Å². The third-order valence-electron chi connectivity index (χ3n) is 2.84. The van der Waals surface area contributed by atoms with E-state index in [1.807, 2.05) is 6.20 Å². The van der Waals surface area contributed by atoms with E-state index in [0.29, 0.717) is 0 Å². The van der Waals surface area contributed by atoms with E-state index in [-0.39, 0.29) is 0 Å². The Morgan fingerprint density at radius 1 is 1.62 bits per heavy atom. The van der Waals surface area contributed by atoms with Crippen LogP contribution >= 0.6 is 0 Å². The summed E-state index contributed by atoms with van der Waals surface area (Å²) in [5.41, 5.74) is 0. The minimum atomic E-state index is 0.829. The lowest BCUT2D eigenvalue weighted by Crippen LogP contribution is -2.21. The molecule has 72 valence electrons. The van der Waals surface area contributed by atoms with Gasteiger partial charge in [0.1, 0.15) is 5.82 Å². The average Bonchev–Trinajstić information content (AvgIpc) is 2.49. The van der Waals surface area contributed by atoms with Crippen LogP contribution in [0.25, 0.3) is 0 Å². The Bertz CT molecular complexity index is 275. The molecular formula is C11H18N2. The fraction of sp³-hybridized carbons (Fsp3) is 0.727. The average molecular weight is 178 g/mol. The fourth-order valence-corrected chi connectivity index (χ4v) is 2.30. The number of hydrogen-bond donors (Lipinski definition) is 0. The van der Waals surface area contributed by atoms with Crippen molar-refractivity contribution < 1.29 is 0 Å². The largest absolute Gasteiger partial charge is 0.335 e. The van der Waals surface area contributed by atoms with E-state index in [1.165, 1.54) is 31.6 Å². The molecule has 1 aliphatic heterocycles. The molecule has 0 N–H and O–H groups in total. The SMILES string of the molecule is CC(C)CC1CCc2nccn2C1. The van der Waals surface area contributed by atoms with Crippen LogP contribution in [-0.2, 0) is 13.0 Å². The maximum atomic E-state index is 4.33. The summed E-state index contributed by atoms with van der Waals surface area (Å²) >= 11 is 0. The molecule has 0 aliphatic carbocycles. The normalized spacial score (nSPS) is 21.9. The van der Waals surface area contributed by atoms with Gasteiger partial charge in [-0.1, -0.05) is 13.8 Å². The van der Waals surface area contributed by atoms with Crippen molar-refractivity contribution in [3.05, 3.63) is 18.2 Å². The molecule has 0 saturated carbocycles. The van der Waals surface area contributed by atoms with E-state index in [9.17, 15) is 0 Å². The highest BCUT2D eigenvalue weighted by atomic mass is 15.1. The standard InChI is InChI=1S/C11H18N2/c1-9(2)7-10-3-4-11-12-5-6-13(11)8-10/h5-6,9-10H,3-4,7-8H2,1-2H3. The topological polar surface area (TPSA) is 17.8 Å². The molecule has 2 heteroatoms. The van der Waals surface area contributed by atoms with Gasteiger partial charge in [-0.2, -0.15) is 0 Å². The molecule has 0 fully saturated rings. The summed E-state index contributed by atoms with van der Waals surface area (Å²) in [5, 5.41) is 0. The molecule has 2 nitrogen and oxygen atoms in total. The minimum Gasteiger partial charge on any atom is -0.335 e. The molecule has 0 aromatic carbocycles. The molecule has 2 rings (SSSR count). The monoisotopic (exact) mass is 178 g/mol. The van der Waals surface area contributed by atoms with E-state index in [0.717, 1.165) is 11.8 Å². The van der Waals surface area contributed by atoms with E-state index in [1.54, 1.807) is 0 Å². The summed E-state index contributed by atoms with van der Waals surface area (Å²) in [6, 6.07) is 0. The maximum Gasteiger partial charge on any atom is 0.108 e. The number of aromatic nitrogens is 2. The Morgan fingerprint density at radius 3 is 3.23 bits per heavy atom. The number of rotatable bonds is 2. The van der Waals surface area contributed by atoms with Crippen LogP contribution in [0.1, 0.15) is 32.5 Å².